The van der Waals surface area contributed by atoms with Crippen LogP contribution in [0.3, 0.4) is 0 Å². The Hall–Kier alpha value is -1.39. The van der Waals surface area contributed by atoms with Crippen LogP contribution in [0.2, 0.25) is 0 Å². The Bertz CT molecular complexity index is 575. The number of hydrogen-bond donors (Lipinski definition) is 2. The molecule has 4 heteroatoms. The van der Waals surface area contributed by atoms with E-state index in [-0.39, 0.29) is 11.3 Å². The summed E-state index contributed by atoms with van der Waals surface area (Å²) < 4.78 is 0. The number of benzene rings is 1. The topological polar surface area (TPSA) is 52.6 Å². The summed E-state index contributed by atoms with van der Waals surface area (Å²) in [4.78, 5) is 14.6. The number of carbonyl (C=O) groups excluding carboxylic acids is 1. The quantitative estimate of drug-likeness (QED) is 0.831. The molecular formula is C21H34N2O2. The van der Waals surface area contributed by atoms with E-state index < -0.39 is 5.60 Å². The van der Waals surface area contributed by atoms with Crippen LogP contribution in [-0.2, 0) is 11.3 Å². The van der Waals surface area contributed by atoms with E-state index in [4.69, 9.17) is 0 Å². The van der Waals surface area contributed by atoms with Crippen molar-refractivity contribution in [2.45, 2.75) is 65.5 Å². The summed E-state index contributed by atoms with van der Waals surface area (Å²) in [5.74, 6) is 0.359. The Morgan fingerprint density at radius 1 is 1.24 bits per heavy atom. The Morgan fingerprint density at radius 2 is 1.88 bits per heavy atom. The molecule has 1 atom stereocenters. The van der Waals surface area contributed by atoms with Crippen molar-refractivity contribution in [3.05, 3.63) is 35.4 Å². The largest absolute Gasteiger partial charge is 0.379 e. The Morgan fingerprint density at radius 3 is 2.44 bits per heavy atom. The number of piperidine rings is 1. The van der Waals surface area contributed by atoms with Crippen molar-refractivity contribution in [1.82, 2.24) is 10.2 Å². The summed E-state index contributed by atoms with van der Waals surface area (Å²) >= 11 is 0. The minimum absolute atomic E-state index is 0.131. The zero-order valence-corrected chi connectivity index (χ0v) is 16.4. The van der Waals surface area contributed by atoms with Gasteiger partial charge in [0.15, 0.2) is 5.60 Å². The summed E-state index contributed by atoms with van der Waals surface area (Å²) in [6.45, 7) is 13.2. The van der Waals surface area contributed by atoms with Gasteiger partial charge in [-0.3, -0.25) is 4.79 Å². The van der Waals surface area contributed by atoms with Gasteiger partial charge in [-0.25, -0.2) is 0 Å². The third-order valence-electron chi connectivity index (χ3n) is 4.80. The van der Waals surface area contributed by atoms with Gasteiger partial charge in [0.1, 0.15) is 0 Å². The Labute approximate surface area is 152 Å². The van der Waals surface area contributed by atoms with E-state index in [1.54, 1.807) is 4.90 Å². The lowest BCUT2D eigenvalue weighted by Gasteiger charge is -2.39. The molecule has 0 aliphatic carbocycles. The summed E-state index contributed by atoms with van der Waals surface area (Å²) in [6, 6.07) is 8.44. The Kier molecular flexibility index (Phi) is 6.28. The second-order valence-electron chi connectivity index (χ2n) is 8.92. The molecule has 1 aromatic rings. The molecule has 0 radical (unpaired) electrons. The maximum Gasteiger partial charge on any atom is 0.256 e. The molecule has 25 heavy (non-hydrogen) atoms. The fourth-order valence-corrected chi connectivity index (χ4v) is 3.25. The summed E-state index contributed by atoms with van der Waals surface area (Å²) in [6.07, 6.45) is 1.37. The second kappa shape index (κ2) is 7.88. The number of nitrogens with zero attached hydrogens (tertiary/aromatic N) is 1. The molecule has 1 unspecified atom stereocenters. The van der Waals surface area contributed by atoms with E-state index in [9.17, 15) is 9.90 Å². The smallest absolute Gasteiger partial charge is 0.256 e. The second-order valence-corrected chi connectivity index (χ2v) is 8.92. The van der Waals surface area contributed by atoms with Gasteiger partial charge in [0.25, 0.3) is 5.91 Å². The van der Waals surface area contributed by atoms with Gasteiger partial charge in [-0.05, 0) is 35.3 Å². The molecule has 1 amide bonds. The average molecular weight is 347 g/mol. The molecule has 140 valence electrons. The lowest BCUT2D eigenvalue weighted by molar-refractivity contribution is -0.157. The minimum atomic E-state index is -1.28. The number of aliphatic hydroxyl groups is 1. The number of amides is 1. The molecule has 1 aromatic carbocycles. The molecule has 1 fully saturated rings. The van der Waals surface area contributed by atoms with Crippen LogP contribution in [0.4, 0.5) is 0 Å². The molecular weight excluding hydrogens is 312 g/mol. The van der Waals surface area contributed by atoms with Crippen molar-refractivity contribution in [1.29, 1.82) is 0 Å². The molecule has 4 nitrogen and oxygen atoms in total. The highest BCUT2D eigenvalue weighted by Crippen LogP contribution is 2.25. The van der Waals surface area contributed by atoms with Crippen LogP contribution in [-0.4, -0.2) is 41.1 Å². The summed E-state index contributed by atoms with van der Waals surface area (Å²) in [7, 11) is 0. The molecule has 0 spiro atoms. The fourth-order valence-electron chi connectivity index (χ4n) is 3.25. The molecule has 2 rings (SSSR count). The highest BCUT2D eigenvalue weighted by molar-refractivity contribution is 5.86. The van der Waals surface area contributed by atoms with Gasteiger partial charge in [-0.2, -0.15) is 0 Å². The van der Waals surface area contributed by atoms with Crippen molar-refractivity contribution in [2.75, 3.05) is 19.6 Å². The first-order valence-electron chi connectivity index (χ1n) is 9.42. The highest BCUT2D eigenvalue weighted by Gasteiger charge is 2.41. The molecule has 1 aliphatic rings. The standard InChI is InChI=1S/C21H34N2O2/c1-16(2)18-9-7-17(8-10-18)13-23-12-6-11-21(25,19(23)24)15-22-14-20(3,4)5/h7-10,16,22,25H,6,11-15H2,1-5H3. The van der Waals surface area contributed by atoms with Gasteiger partial charge in [-0.15, -0.1) is 0 Å². The molecule has 0 bridgehead atoms. The maximum absolute atomic E-state index is 12.8. The first kappa shape index (κ1) is 19.9. The summed E-state index contributed by atoms with van der Waals surface area (Å²) in [5.41, 5.74) is 1.27. The van der Waals surface area contributed by atoms with Crippen LogP contribution in [0.1, 0.15) is 64.5 Å². The third-order valence-corrected chi connectivity index (χ3v) is 4.80. The van der Waals surface area contributed by atoms with Crippen LogP contribution < -0.4 is 5.32 Å². The number of hydrogen-bond acceptors (Lipinski definition) is 3. The highest BCUT2D eigenvalue weighted by atomic mass is 16.3. The van der Waals surface area contributed by atoms with E-state index >= 15 is 0 Å². The minimum Gasteiger partial charge on any atom is -0.379 e. The van der Waals surface area contributed by atoms with E-state index in [2.05, 4.69) is 64.2 Å². The van der Waals surface area contributed by atoms with Crippen molar-refractivity contribution < 1.29 is 9.90 Å². The van der Waals surface area contributed by atoms with Gasteiger partial charge < -0.3 is 15.3 Å². The zero-order valence-electron chi connectivity index (χ0n) is 16.4. The van der Waals surface area contributed by atoms with Crippen LogP contribution in [0.15, 0.2) is 24.3 Å². The lowest BCUT2D eigenvalue weighted by atomic mass is 9.90. The van der Waals surface area contributed by atoms with Crippen molar-refractivity contribution in [2.24, 2.45) is 5.41 Å². The van der Waals surface area contributed by atoms with Gasteiger partial charge in [0.2, 0.25) is 0 Å². The molecule has 0 aromatic heterocycles. The monoisotopic (exact) mass is 346 g/mol. The normalized spacial score (nSPS) is 21.9. The molecule has 0 saturated carbocycles. The fraction of sp³-hybridized carbons (Fsp3) is 0.667. The third kappa shape index (κ3) is 5.55. The molecule has 1 aliphatic heterocycles. The molecule has 2 N–H and O–H groups in total. The van der Waals surface area contributed by atoms with Crippen LogP contribution in [0.25, 0.3) is 0 Å². The SMILES string of the molecule is CC(C)c1ccc(CN2CCCC(O)(CNCC(C)(C)C)C2=O)cc1. The number of nitrogens with one attached hydrogen (secondary N) is 1. The van der Waals surface area contributed by atoms with Crippen molar-refractivity contribution in [3.8, 4) is 0 Å². The van der Waals surface area contributed by atoms with Gasteiger partial charge >= 0.3 is 0 Å². The van der Waals surface area contributed by atoms with E-state index in [1.807, 2.05) is 0 Å². The van der Waals surface area contributed by atoms with E-state index in [0.717, 1.165) is 18.5 Å². The van der Waals surface area contributed by atoms with Gasteiger partial charge in [0.05, 0.1) is 0 Å². The molecule has 1 heterocycles. The zero-order chi connectivity index (χ0) is 18.7. The van der Waals surface area contributed by atoms with E-state index in [1.165, 1.54) is 5.56 Å². The summed E-state index contributed by atoms with van der Waals surface area (Å²) in [5, 5.41) is 14.1. The van der Waals surface area contributed by atoms with Crippen molar-refractivity contribution in [3.63, 3.8) is 0 Å². The molecule has 1 saturated heterocycles. The first-order valence-corrected chi connectivity index (χ1v) is 9.42. The predicted molar refractivity (Wildman–Crippen MR) is 102 cm³/mol. The maximum atomic E-state index is 12.8. The van der Waals surface area contributed by atoms with E-state index in [0.29, 0.717) is 32.0 Å². The first-order chi connectivity index (χ1) is 11.6. The number of rotatable bonds is 6. The Balaban J connectivity index is 1.98. The lowest BCUT2D eigenvalue weighted by Crippen LogP contribution is -2.58. The van der Waals surface area contributed by atoms with Crippen LogP contribution in [0.5, 0.6) is 0 Å². The number of carbonyl (C=O) groups is 1. The van der Waals surface area contributed by atoms with Crippen LogP contribution in [0, 0.1) is 5.41 Å². The predicted octanol–water partition coefficient (Wildman–Crippen LogP) is 3.30. The van der Waals surface area contributed by atoms with Gasteiger partial charge in [0, 0.05) is 26.2 Å². The number of likely N-dealkylation sites (tertiary alicyclic amines) is 1. The van der Waals surface area contributed by atoms with Gasteiger partial charge in [-0.1, -0.05) is 58.9 Å². The van der Waals surface area contributed by atoms with Crippen LogP contribution >= 0.6 is 0 Å². The van der Waals surface area contributed by atoms with Crippen molar-refractivity contribution >= 4 is 5.91 Å². The average Bonchev–Trinajstić information content (AvgIpc) is 2.51.